The number of rotatable bonds is 6. The summed E-state index contributed by atoms with van der Waals surface area (Å²) >= 11 is 0. The van der Waals surface area contributed by atoms with Crippen molar-refractivity contribution in [3.05, 3.63) is 34.4 Å². The average Bonchev–Trinajstić information content (AvgIpc) is 2.62. The van der Waals surface area contributed by atoms with Crippen LogP contribution in [0.3, 0.4) is 0 Å². The maximum absolute atomic E-state index is 10.2. The van der Waals surface area contributed by atoms with Gasteiger partial charge in [0.25, 0.3) is 0 Å². The molecule has 0 aromatic heterocycles. The van der Waals surface area contributed by atoms with E-state index in [2.05, 4.69) is 26.0 Å². The topological polar surface area (TPSA) is 60.7 Å². The Kier molecular flexibility index (Phi) is 5.87. The highest BCUT2D eigenvalue weighted by Gasteiger charge is 2.43. The lowest BCUT2D eigenvalue weighted by Crippen LogP contribution is -2.37. The van der Waals surface area contributed by atoms with Gasteiger partial charge in [0.2, 0.25) is 0 Å². The molecular weight excluding hydrogens is 312 g/mol. The van der Waals surface area contributed by atoms with Gasteiger partial charge in [-0.3, -0.25) is 0 Å². The van der Waals surface area contributed by atoms with Gasteiger partial charge >= 0.3 is 0 Å². The molecule has 0 amide bonds. The van der Waals surface area contributed by atoms with Gasteiger partial charge in [-0.2, -0.15) is 0 Å². The molecule has 3 rings (SSSR count). The molecule has 0 spiro atoms. The zero-order valence-corrected chi connectivity index (χ0v) is 15.8. The summed E-state index contributed by atoms with van der Waals surface area (Å²) in [6.45, 7) is 5.02. The van der Waals surface area contributed by atoms with Gasteiger partial charge in [-0.15, -0.1) is 0 Å². The monoisotopic (exact) mass is 346 g/mol. The smallest absolute Gasteiger partial charge is 0.0557 e. The molecule has 140 valence electrons. The fourth-order valence-corrected chi connectivity index (χ4v) is 5.50. The van der Waals surface area contributed by atoms with Crippen LogP contribution in [0.25, 0.3) is 0 Å². The molecule has 0 bridgehead atoms. The lowest BCUT2D eigenvalue weighted by molar-refractivity contribution is 0.188. The van der Waals surface area contributed by atoms with Crippen molar-refractivity contribution in [3.63, 3.8) is 0 Å². The molecule has 3 aliphatic carbocycles. The third-order valence-corrected chi connectivity index (χ3v) is 6.73. The van der Waals surface area contributed by atoms with Crippen molar-refractivity contribution in [2.75, 3.05) is 19.8 Å². The van der Waals surface area contributed by atoms with Crippen LogP contribution in [-0.2, 0) is 0 Å². The van der Waals surface area contributed by atoms with Crippen LogP contribution in [0.2, 0.25) is 0 Å². The first-order valence-electron chi connectivity index (χ1n) is 10.0. The summed E-state index contributed by atoms with van der Waals surface area (Å²) in [7, 11) is 0. The van der Waals surface area contributed by atoms with Crippen LogP contribution in [0.4, 0.5) is 0 Å². The maximum Gasteiger partial charge on any atom is 0.0557 e. The van der Waals surface area contributed by atoms with E-state index in [1.54, 1.807) is 11.1 Å². The van der Waals surface area contributed by atoms with Gasteiger partial charge in [0.15, 0.2) is 0 Å². The fourth-order valence-electron chi connectivity index (χ4n) is 5.50. The Balaban J connectivity index is 2.07. The number of hydrogen-bond donors (Lipinski definition) is 3. The third-order valence-electron chi connectivity index (χ3n) is 6.73. The van der Waals surface area contributed by atoms with Gasteiger partial charge in [-0.05, 0) is 56.8 Å². The van der Waals surface area contributed by atoms with E-state index in [-0.39, 0.29) is 25.2 Å². The lowest BCUT2D eigenvalue weighted by atomic mass is 9.58. The Labute approximate surface area is 152 Å². The van der Waals surface area contributed by atoms with Crippen molar-refractivity contribution >= 4 is 0 Å². The summed E-state index contributed by atoms with van der Waals surface area (Å²) in [6, 6.07) is 0. The van der Waals surface area contributed by atoms with Crippen LogP contribution in [0.5, 0.6) is 0 Å². The summed E-state index contributed by atoms with van der Waals surface area (Å²) in [5, 5.41) is 29.2. The van der Waals surface area contributed by atoms with Crippen LogP contribution in [0, 0.1) is 23.2 Å². The second kappa shape index (κ2) is 7.77. The Morgan fingerprint density at radius 1 is 1.16 bits per heavy atom. The molecule has 25 heavy (non-hydrogen) atoms. The SMILES string of the molecule is CC1C=CC(C)(CO)C2=C1CC1=C(C(CCO)CCC1)C2CCCO. The van der Waals surface area contributed by atoms with Gasteiger partial charge < -0.3 is 15.3 Å². The van der Waals surface area contributed by atoms with Crippen molar-refractivity contribution in [1.82, 2.24) is 0 Å². The van der Waals surface area contributed by atoms with Crippen LogP contribution in [0.15, 0.2) is 34.4 Å². The molecule has 4 unspecified atom stereocenters. The highest BCUT2D eigenvalue weighted by atomic mass is 16.3. The van der Waals surface area contributed by atoms with Crippen molar-refractivity contribution in [1.29, 1.82) is 0 Å². The quantitative estimate of drug-likeness (QED) is 0.642. The first-order valence-corrected chi connectivity index (χ1v) is 10.0. The molecule has 0 saturated heterocycles. The summed E-state index contributed by atoms with van der Waals surface area (Å²) in [6.07, 6.45) is 11.7. The van der Waals surface area contributed by atoms with E-state index >= 15 is 0 Å². The van der Waals surface area contributed by atoms with E-state index in [1.165, 1.54) is 30.4 Å². The van der Waals surface area contributed by atoms with Crippen molar-refractivity contribution in [2.45, 2.75) is 58.8 Å². The second-order valence-electron chi connectivity index (χ2n) is 8.42. The van der Waals surface area contributed by atoms with Gasteiger partial charge in [0, 0.05) is 24.5 Å². The van der Waals surface area contributed by atoms with Crippen molar-refractivity contribution in [3.8, 4) is 0 Å². The number of aliphatic hydroxyl groups is 3. The van der Waals surface area contributed by atoms with Gasteiger partial charge in [-0.1, -0.05) is 48.3 Å². The van der Waals surface area contributed by atoms with E-state index in [9.17, 15) is 15.3 Å². The average molecular weight is 347 g/mol. The minimum Gasteiger partial charge on any atom is -0.396 e. The van der Waals surface area contributed by atoms with Gasteiger partial charge in [0.1, 0.15) is 0 Å². The molecule has 4 atom stereocenters. The summed E-state index contributed by atoms with van der Waals surface area (Å²) in [4.78, 5) is 0. The zero-order chi connectivity index (χ0) is 18.0. The van der Waals surface area contributed by atoms with E-state index in [0.717, 1.165) is 25.7 Å². The molecule has 0 radical (unpaired) electrons. The number of allylic oxidation sites excluding steroid dienone is 4. The highest BCUT2D eigenvalue weighted by Crippen LogP contribution is 2.55. The minimum atomic E-state index is -0.290. The zero-order valence-electron chi connectivity index (χ0n) is 15.8. The molecule has 3 aliphatic rings. The first kappa shape index (κ1) is 18.9. The van der Waals surface area contributed by atoms with Crippen LogP contribution in [0.1, 0.15) is 58.8 Å². The highest BCUT2D eigenvalue weighted by molar-refractivity contribution is 5.48. The Bertz CT molecular complexity index is 586. The van der Waals surface area contributed by atoms with Crippen molar-refractivity contribution < 1.29 is 15.3 Å². The van der Waals surface area contributed by atoms with E-state index in [4.69, 9.17) is 0 Å². The summed E-state index contributed by atoms with van der Waals surface area (Å²) in [5.74, 6) is 1.22. The normalized spacial score (nSPS) is 35.0. The van der Waals surface area contributed by atoms with Crippen LogP contribution >= 0.6 is 0 Å². The Morgan fingerprint density at radius 3 is 2.64 bits per heavy atom. The molecule has 0 heterocycles. The molecule has 3 heteroatoms. The van der Waals surface area contributed by atoms with Crippen molar-refractivity contribution in [2.24, 2.45) is 23.2 Å². The predicted molar refractivity (Wildman–Crippen MR) is 101 cm³/mol. The molecule has 0 aromatic carbocycles. The van der Waals surface area contributed by atoms with Crippen LogP contribution in [-0.4, -0.2) is 35.1 Å². The first-order chi connectivity index (χ1) is 12.1. The van der Waals surface area contributed by atoms with Gasteiger partial charge in [-0.25, -0.2) is 0 Å². The molecular formula is C22H34O3. The Hall–Kier alpha value is -0.900. The van der Waals surface area contributed by atoms with E-state index in [1.807, 2.05) is 0 Å². The predicted octanol–water partition coefficient (Wildman–Crippen LogP) is 3.76. The minimum absolute atomic E-state index is 0.137. The molecule has 0 fully saturated rings. The maximum atomic E-state index is 10.2. The van der Waals surface area contributed by atoms with Crippen LogP contribution < -0.4 is 0 Å². The largest absolute Gasteiger partial charge is 0.396 e. The second-order valence-corrected chi connectivity index (χ2v) is 8.42. The third kappa shape index (κ3) is 3.39. The standard InChI is InChI=1S/C22H34O3/c1-15-8-10-22(2,14-25)21-18(7-4-11-23)20-16(9-12-24)5-3-6-17(20)13-19(15)21/h8,10,15-16,18,23-25H,3-7,9,11-14H2,1-2H3. The Morgan fingerprint density at radius 2 is 1.96 bits per heavy atom. The van der Waals surface area contributed by atoms with E-state index < -0.39 is 0 Å². The van der Waals surface area contributed by atoms with E-state index in [0.29, 0.717) is 17.8 Å². The molecule has 3 N–H and O–H groups in total. The fraction of sp³-hybridized carbons (Fsp3) is 0.727. The molecule has 0 aliphatic heterocycles. The number of hydrogen-bond acceptors (Lipinski definition) is 3. The lowest BCUT2D eigenvalue weighted by Gasteiger charge is -2.47. The summed E-state index contributed by atoms with van der Waals surface area (Å²) in [5.41, 5.74) is 5.78. The number of aliphatic hydroxyl groups excluding tert-OH is 3. The molecule has 3 nitrogen and oxygen atoms in total. The van der Waals surface area contributed by atoms with Gasteiger partial charge in [0.05, 0.1) is 6.61 Å². The molecule has 0 saturated carbocycles. The summed E-state index contributed by atoms with van der Waals surface area (Å²) < 4.78 is 0. The molecule has 0 aromatic rings.